The molecule has 9 heteroatoms. The number of nitrogens with zero attached hydrogens (tertiary/aromatic N) is 7. The zero-order valence-electron chi connectivity index (χ0n) is 18.8. The quantitative estimate of drug-likeness (QED) is 0.492. The SMILES string of the molecule is COc1ccc(CN2C3CC2CN(c2ccc(-c4cc(N)cn5ncc(C#N)c45)cn2)C3)cn1. The largest absolute Gasteiger partial charge is 0.481 e. The maximum Gasteiger partial charge on any atom is 0.212 e. The van der Waals surface area contributed by atoms with E-state index in [1.54, 1.807) is 24.0 Å². The first kappa shape index (κ1) is 20.4. The Hall–Kier alpha value is -4.16. The van der Waals surface area contributed by atoms with Crippen LogP contribution in [0.15, 0.2) is 55.1 Å². The number of aromatic nitrogens is 4. The van der Waals surface area contributed by atoms with Crippen molar-refractivity contribution in [3.8, 4) is 23.1 Å². The molecule has 9 nitrogen and oxygen atoms in total. The molecule has 2 atom stereocenters. The van der Waals surface area contributed by atoms with E-state index in [4.69, 9.17) is 15.5 Å². The Morgan fingerprint density at radius 3 is 2.65 bits per heavy atom. The summed E-state index contributed by atoms with van der Waals surface area (Å²) in [6, 6.07) is 13.2. The number of piperidine rings is 1. The summed E-state index contributed by atoms with van der Waals surface area (Å²) in [7, 11) is 1.63. The Bertz CT molecular complexity index is 1380. The van der Waals surface area contributed by atoms with E-state index in [9.17, 15) is 5.26 Å². The minimum Gasteiger partial charge on any atom is -0.481 e. The van der Waals surface area contributed by atoms with Gasteiger partial charge in [0.1, 0.15) is 11.9 Å². The van der Waals surface area contributed by atoms with Gasteiger partial charge in [0.05, 0.1) is 36.3 Å². The number of pyridine rings is 3. The van der Waals surface area contributed by atoms with Crippen LogP contribution in [0.2, 0.25) is 0 Å². The summed E-state index contributed by atoms with van der Waals surface area (Å²) in [5.41, 5.74) is 10.9. The van der Waals surface area contributed by atoms with E-state index in [1.165, 1.54) is 12.0 Å². The van der Waals surface area contributed by atoms with Crippen molar-refractivity contribution in [1.29, 1.82) is 5.26 Å². The van der Waals surface area contributed by atoms with Gasteiger partial charge in [0.15, 0.2) is 0 Å². The van der Waals surface area contributed by atoms with Crippen LogP contribution >= 0.6 is 0 Å². The van der Waals surface area contributed by atoms with Gasteiger partial charge in [0, 0.05) is 61.3 Å². The lowest BCUT2D eigenvalue weighted by atomic mass is 9.87. The van der Waals surface area contributed by atoms with Crippen LogP contribution in [-0.4, -0.2) is 56.8 Å². The molecule has 3 aliphatic rings. The van der Waals surface area contributed by atoms with E-state index in [2.05, 4.69) is 38.1 Å². The monoisotopic (exact) mass is 452 g/mol. The van der Waals surface area contributed by atoms with Crippen LogP contribution in [0, 0.1) is 11.3 Å². The van der Waals surface area contributed by atoms with Crippen LogP contribution in [0.3, 0.4) is 0 Å². The highest BCUT2D eigenvalue weighted by molar-refractivity contribution is 5.86. The molecule has 170 valence electrons. The number of piperazine rings is 1. The maximum atomic E-state index is 9.48. The van der Waals surface area contributed by atoms with Crippen molar-refractivity contribution in [2.45, 2.75) is 25.0 Å². The Labute approximate surface area is 197 Å². The number of nitrogens with two attached hydrogens (primary N) is 1. The first-order valence-corrected chi connectivity index (χ1v) is 11.3. The van der Waals surface area contributed by atoms with Crippen molar-refractivity contribution in [3.63, 3.8) is 0 Å². The van der Waals surface area contributed by atoms with Gasteiger partial charge in [0.2, 0.25) is 5.88 Å². The molecule has 0 aliphatic carbocycles. The summed E-state index contributed by atoms with van der Waals surface area (Å²) in [5.74, 6) is 1.61. The maximum absolute atomic E-state index is 9.48. The second kappa shape index (κ2) is 8.01. The van der Waals surface area contributed by atoms with Gasteiger partial charge >= 0.3 is 0 Å². The third kappa shape index (κ3) is 3.40. The highest BCUT2D eigenvalue weighted by atomic mass is 16.5. The molecule has 4 aromatic heterocycles. The number of rotatable bonds is 5. The lowest BCUT2D eigenvalue weighted by Gasteiger charge is -2.56. The van der Waals surface area contributed by atoms with Gasteiger partial charge in [-0.15, -0.1) is 0 Å². The molecule has 0 amide bonds. The average molecular weight is 453 g/mol. The minimum atomic E-state index is 0.515. The first-order chi connectivity index (χ1) is 16.6. The van der Waals surface area contributed by atoms with Gasteiger partial charge < -0.3 is 15.4 Å². The molecule has 0 spiro atoms. The van der Waals surface area contributed by atoms with Gasteiger partial charge in [-0.1, -0.05) is 6.07 Å². The van der Waals surface area contributed by atoms with Crippen molar-refractivity contribution in [2.75, 3.05) is 30.8 Å². The van der Waals surface area contributed by atoms with E-state index in [0.29, 0.717) is 29.2 Å². The molecule has 2 unspecified atom stereocenters. The Morgan fingerprint density at radius 1 is 1.12 bits per heavy atom. The fourth-order valence-electron chi connectivity index (χ4n) is 5.14. The zero-order chi connectivity index (χ0) is 23.2. The fourth-order valence-corrected chi connectivity index (χ4v) is 5.14. The average Bonchev–Trinajstić information content (AvgIpc) is 3.30. The minimum absolute atomic E-state index is 0.515. The Balaban J connectivity index is 1.18. The van der Waals surface area contributed by atoms with Crippen molar-refractivity contribution >= 4 is 17.0 Å². The summed E-state index contributed by atoms with van der Waals surface area (Å²) < 4.78 is 6.81. The molecule has 0 radical (unpaired) electrons. The second-order valence-corrected chi connectivity index (χ2v) is 8.88. The van der Waals surface area contributed by atoms with Crippen molar-refractivity contribution < 1.29 is 4.74 Å². The Kier molecular flexibility index (Phi) is 4.81. The van der Waals surface area contributed by atoms with Crippen LogP contribution in [-0.2, 0) is 6.54 Å². The lowest BCUT2D eigenvalue weighted by Crippen LogP contribution is -2.68. The number of anilines is 2. The molecular weight excluding hydrogens is 428 g/mol. The number of fused-ring (bicyclic) bond motifs is 3. The van der Waals surface area contributed by atoms with Gasteiger partial charge in [-0.3, -0.25) is 4.90 Å². The normalized spacial score (nSPS) is 19.6. The lowest BCUT2D eigenvalue weighted by molar-refractivity contribution is -0.00876. The molecule has 0 saturated carbocycles. The van der Waals surface area contributed by atoms with Gasteiger partial charge in [-0.25, -0.2) is 14.5 Å². The second-order valence-electron chi connectivity index (χ2n) is 8.88. The number of methoxy groups -OCH3 is 1. The summed E-state index contributed by atoms with van der Waals surface area (Å²) >= 11 is 0. The Morgan fingerprint density at radius 2 is 1.97 bits per heavy atom. The molecule has 2 N–H and O–H groups in total. The summed E-state index contributed by atoms with van der Waals surface area (Å²) in [6.07, 6.45) is 8.26. The number of ether oxygens (including phenoxy) is 1. The van der Waals surface area contributed by atoms with Gasteiger partial charge in [0.25, 0.3) is 0 Å². The summed E-state index contributed by atoms with van der Waals surface area (Å²) in [5, 5.41) is 13.7. The molecule has 3 fully saturated rings. The topological polar surface area (TPSA) is 109 Å². The first-order valence-electron chi connectivity index (χ1n) is 11.3. The van der Waals surface area contributed by atoms with Crippen LogP contribution in [0.4, 0.5) is 11.5 Å². The highest BCUT2D eigenvalue weighted by Gasteiger charge is 2.44. The van der Waals surface area contributed by atoms with Crippen molar-refractivity contribution in [1.82, 2.24) is 24.5 Å². The van der Waals surface area contributed by atoms with Crippen LogP contribution in [0.1, 0.15) is 17.5 Å². The van der Waals surface area contributed by atoms with Crippen LogP contribution in [0.25, 0.3) is 16.6 Å². The van der Waals surface area contributed by atoms with E-state index in [-0.39, 0.29) is 0 Å². The molecule has 3 aliphatic heterocycles. The zero-order valence-corrected chi connectivity index (χ0v) is 18.8. The molecule has 3 saturated heterocycles. The van der Waals surface area contributed by atoms with E-state index < -0.39 is 0 Å². The third-order valence-electron chi connectivity index (χ3n) is 6.85. The molecule has 0 aromatic carbocycles. The standard InChI is InChI=1S/C25H24N8O/c1-34-24-5-2-16(9-29-24)12-32-20-7-21(32)15-31(14-20)23-4-3-17(10-28-23)22-6-19(27)13-33-25(22)18(8-26)11-30-33/h2-6,9-11,13,20-21H,7,12,14-15,27H2,1H3. The number of nitriles is 1. The molecule has 7 heterocycles. The summed E-state index contributed by atoms with van der Waals surface area (Å²) in [6.45, 7) is 2.82. The third-order valence-corrected chi connectivity index (χ3v) is 6.85. The predicted molar refractivity (Wildman–Crippen MR) is 128 cm³/mol. The van der Waals surface area contributed by atoms with Crippen molar-refractivity contribution in [2.24, 2.45) is 0 Å². The number of nitrogen functional groups attached to an aromatic ring is 1. The number of hydrogen-bond acceptors (Lipinski definition) is 8. The van der Waals surface area contributed by atoms with Gasteiger partial charge in [-0.2, -0.15) is 10.4 Å². The molecule has 4 aromatic rings. The van der Waals surface area contributed by atoms with Gasteiger partial charge in [-0.05, 0) is 30.2 Å². The molecule has 34 heavy (non-hydrogen) atoms. The van der Waals surface area contributed by atoms with Crippen LogP contribution < -0.4 is 15.4 Å². The smallest absolute Gasteiger partial charge is 0.212 e. The summed E-state index contributed by atoms with van der Waals surface area (Å²) in [4.78, 5) is 14.0. The van der Waals surface area contributed by atoms with E-state index >= 15 is 0 Å². The highest BCUT2D eigenvalue weighted by Crippen LogP contribution is 2.36. The molecule has 2 bridgehead atoms. The van der Waals surface area contributed by atoms with E-state index in [1.807, 2.05) is 30.6 Å². The fraction of sp³-hybridized carbons (Fsp3) is 0.280. The van der Waals surface area contributed by atoms with Crippen molar-refractivity contribution in [3.05, 3.63) is 66.2 Å². The predicted octanol–water partition coefficient (Wildman–Crippen LogP) is 2.72. The van der Waals surface area contributed by atoms with Crippen LogP contribution in [0.5, 0.6) is 5.88 Å². The number of hydrogen-bond donors (Lipinski definition) is 1. The van der Waals surface area contributed by atoms with E-state index in [0.717, 1.165) is 42.1 Å². The molecule has 7 rings (SSSR count). The molecular formula is C25H24N8O.